The number of hydrogen-bond acceptors (Lipinski definition) is 6. The van der Waals surface area contributed by atoms with E-state index in [9.17, 15) is 14.4 Å². The minimum Gasteiger partial charge on any atom is -0.450 e. The van der Waals surface area contributed by atoms with E-state index in [0.717, 1.165) is 11.3 Å². The van der Waals surface area contributed by atoms with Crippen LogP contribution in [0.1, 0.15) is 54.0 Å². The van der Waals surface area contributed by atoms with Crippen LogP contribution in [0.15, 0.2) is 40.4 Å². The molecule has 1 aliphatic rings. The number of rotatable bonds is 4. The molecule has 0 fully saturated rings. The molecule has 1 aliphatic heterocycles. The summed E-state index contributed by atoms with van der Waals surface area (Å²) in [5, 5.41) is 0.597. The number of hydrogen-bond donors (Lipinski definition) is 0. The third-order valence-electron chi connectivity index (χ3n) is 4.47. The monoisotopic (exact) mass is 386 g/mol. The Morgan fingerprint density at radius 1 is 1.22 bits per heavy atom. The number of thioether (sulfide) groups is 1. The number of aromatic nitrogens is 2. The molecule has 0 aliphatic carbocycles. The second-order valence-electron chi connectivity index (χ2n) is 7.50. The molecule has 1 aromatic heterocycles. The molecule has 7 heteroatoms. The van der Waals surface area contributed by atoms with Gasteiger partial charge in [-0.3, -0.25) is 14.2 Å². The Morgan fingerprint density at radius 2 is 1.89 bits per heavy atom. The van der Waals surface area contributed by atoms with E-state index >= 15 is 0 Å². The lowest BCUT2D eigenvalue weighted by Crippen LogP contribution is -2.31. The fraction of sp³-hybridized carbons (Fsp3) is 0.400. The predicted molar refractivity (Wildman–Crippen MR) is 104 cm³/mol. The highest BCUT2D eigenvalue weighted by Gasteiger charge is 2.25. The van der Waals surface area contributed by atoms with Crippen molar-refractivity contribution in [2.75, 3.05) is 5.75 Å². The van der Waals surface area contributed by atoms with Gasteiger partial charge in [-0.2, -0.15) is 0 Å². The fourth-order valence-corrected chi connectivity index (χ4v) is 3.72. The first-order valence-corrected chi connectivity index (χ1v) is 9.75. The average Bonchev–Trinajstić information content (AvgIpc) is 3.10. The number of carbonyl (C=O) groups is 2. The van der Waals surface area contributed by atoms with Gasteiger partial charge in [-0.1, -0.05) is 56.8 Å². The van der Waals surface area contributed by atoms with Crippen LogP contribution < -0.4 is 5.56 Å². The second-order valence-corrected chi connectivity index (χ2v) is 8.56. The van der Waals surface area contributed by atoms with Gasteiger partial charge in [-0.15, -0.1) is 0 Å². The Bertz CT molecular complexity index is 942. The van der Waals surface area contributed by atoms with Crippen LogP contribution in [0.25, 0.3) is 0 Å². The van der Waals surface area contributed by atoms with Crippen LogP contribution in [0.4, 0.5) is 0 Å². The zero-order valence-corrected chi connectivity index (χ0v) is 16.6. The van der Waals surface area contributed by atoms with Crippen LogP contribution >= 0.6 is 11.8 Å². The fourth-order valence-electron chi connectivity index (χ4n) is 2.80. The van der Waals surface area contributed by atoms with E-state index in [4.69, 9.17) is 4.74 Å². The lowest BCUT2D eigenvalue weighted by molar-refractivity contribution is 0.0315. The second kappa shape index (κ2) is 7.31. The molecule has 0 bridgehead atoms. The lowest BCUT2D eigenvalue weighted by Gasteiger charge is -2.19. The molecule has 0 N–H and O–H groups in total. The van der Waals surface area contributed by atoms with Crippen molar-refractivity contribution in [2.45, 2.75) is 50.9 Å². The molecular formula is C20H22N2O4S. The number of benzene rings is 1. The minimum atomic E-state index is -0.995. The summed E-state index contributed by atoms with van der Waals surface area (Å²) in [6.45, 7) is 8.30. The van der Waals surface area contributed by atoms with E-state index in [1.807, 2.05) is 12.1 Å². The molecule has 3 rings (SSSR count). The Morgan fingerprint density at radius 3 is 2.52 bits per heavy atom. The highest BCUT2D eigenvalue weighted by molar-refractivity contribution is 7.99. The Kier molecular flexibility index (Phi) is 5.24. The molecule has 0 radical (unpaired) electrons. The summed E-state index contributed by atoms with van der Waals surface area (Å²) >= 11 is 1.47. The van der Waals surface area contributed by atoms with Gasteiger partial charge in [0.05, 0.1) is 6.20 Å². The standard InChI is InChI=1S/C20H22N2O4S/c1-12(16(23)13-5-7-14(8-6-13)20(2,3)4)26-18(25)15-11-21-19-22(17(15)24)9-10-27-19/h5-8,11-12H,9-10H2,1-4H3/t12-/m1/s1. The maximum absolute atomic E-state index is 12.6. The van der Waals surface area contributed by atoms with Gasteiger partial charge in [0.1, 0.15) is 5.56 Å². The summed E-state index contributed by atoms with van der Waals surface area (Å²) in [6, 6.07) is 7.26. The van der Waals surface area contributed by atoms with Gasteiger partial charge in [-0.05, 0) is 17.9 Å². The quantitative estimate of drug-likeness (QED) is 0.456. The van der Waals surface area contributed by atoms with Crippen LogP contribution in [-0.2, 0) is 16.7 Å². The molecule has 6 nitrogen and oxygen atoms in total. The highest BCUT2D eigenvalue weighted by Crippen LogP contribution is 2.23. The molecule has 2 heterocycles. The molecule has 1 atom stereocenters. The topological polar surface area (TPSA) is 78.3 Å². The average molecular weight is 386 g/mol. The van der Waals surface area contributed by atoms with Crippen LogP contribution in [0.5, 0.6) is 0 Å². The van der Waals surface area contributed by atoms with Gasteiger partial charge in [0.15, 0.2) is 11.3 Å². The summed E-state index contributed by atoms with van der Waals surface area (Å²) in [5.74, 6) is -0.388. The smallest absolute Gasteiger partial charge is 0.346 e. The Hall–Kier alpha value is -2.41. The van der Waals surface area contributed by atoms with Crippen molar-refractivity contribution in [2.24, 2.45) is 0 Å². The van der Waals surface area contributed by atoms with E-state index in [2.05, 4.69) is 25.8 Å². The van der Waals surface area contributed by atoms with Gasteiger partial charge in [-0.25, -0.2) is 9.78 Å². The minimum absolute atomic E-state index is 0.0132. The molecule has 142 valence electrons. The van der Waals surface area contributed by atoms with E-state index < -0.39 is 17.6 Å². The van der Waals surface area contributed by atoms with Crippen molar-refractivity contribution < 1.29 is 14.3 Å². The van der Waals surface area contributed by atoms with Crippen LogP contribution in [0.3, 0.4) is 0 Å². The number of fused-ring (bicyclic) bond motifs is 1. The van der Waals surface area contributed by atoms with Gasteiger partial charge in [0, 0.05) is 17.9 Å². The number of ether oxygens (including phenoxy) is 1. The molecule has 2 aromatic rings. The number of Topliss-reactive ketones (excluding diaryl/α,β-unsaturated/α-hetero) is 1. The summed E-state index contributed by atoms with van der Waals surface area (Å²) in [4.78, 5) is 41.4. The number of ketones is 1. The first-order chi connectivity index (χ1) is 12.7. The van der Waals surface area contributed by atoms with Crippen molar-refractivity contribution >= 4 is 23.5 Å². The number of esters is 1. The molecule has 1 aromatic carbocycles. The zero-order valence-electron chi connectivity index (χ0n) is 15.8. The zero-order chi connectivity index (χ0) is 19.8. The Balaban J connectivity index is 1.73. The highest BCUT2D eigenvalue weighted by atomic mass is 32.2. The van der Waals surface area contributed by atoms with Gasteiger partial charge in [0.2, 0.25) is 5.78 Å². The summed E-state index contributed by atoms with van der Waals surface area (Å²) in [5.41, 5.74) is 0.983. The first-order valence-electron chi connectivity index (χ1n) is 8.77. The molecule has 0 spiro atoms. The predicted octanol–water partition coefficient (Wildman–Crippen LogP) is 3.07. The van der Waals surface area contributed by atoms with Crippen molar-refractivity contribution in [3.05, 3.63) is 57.5 Å². The van der Waals surface area contributed by atoms with E-state index in [0.29, 0.717) is 17.3 Å². The number of carbonyl (C=O) groups excluding carboxylic acids is 2. The maximum Gasteiger partial charge on any atom is 0.346 e. The van der Waals surface area contributed by atoms with Crippen molar-refractivity contribution in [3.63, 3.8) is 0 Å². The van der Waals surface area contributed by atoms with Crippen molar-refractivity contribution in [1.82, 2.24) is 9.55 Å². The number of nitrogens with zero attached hydrogens (tertiary/aromatic N) is 2. The van der Waals surface area contributed by atoms with Crippen molar-refractivity contribution in [3.8, 4) is 0 Å². The van der Waals surface area contributed by atoms with Gasteiger partial charge >= 0.3 is 5.97 Å². The largest absolute Gasteiger partial charge is 0.450 e. The normalized spacial score (nSPS) is 14.5. The Labute approximate surface area is 162 Å². The van der Waals surface area contributed by atoms with Gasteiger partial charge in [0.25, 0.3) is 5.56 Å². The van der Waals surface area contributed by atoms with Gasteiger partial charge < -0.3 is 4.74 Å². The van der Waals surface area contributed by atoms with Crippen LogP contribution in [0, 0.1) is 0 Å². The van der Waals surface area contributed by atoms with Crippen LogP contribution in [0.2, 0.25) is 0 Å². The summed E-state index contributed by atoms with van der Waals surface area (Å²) in [7, 11) is 0. The lowest BCUT2D eigenvalue weighted by atomic mass is 9.86. The molecule has 0 unspecified atom stereocenters. The molecule has 0 saturated carbocycles. The molecule has 27 heavy (non-hydrogen) atoms. The molecular weight excluding hydrogens is 364 g/mol. The third kappa shape index (κ3) is 3.98. The summed E-state index contributed by atoms with van der Waals surface area (Å²) < 4.78 is 6.70. The van der Waals surface area contributed by atoms with E-state index in [-0.39, 0.29) is 16.8 Å². The third-order valence-corrected chi connectivity index (χ3v) is 5.44. The first kappa shape index (κ1) is 19.4. The van der Waals surface area contributed by atoms with Crippen molar-refractivity contribution in [1.29, 1.82) is 0 Å². The van der Waals surface area contributed by atoms with E-state index in [1.54, 1.807) is 12.1 Å². The molecule has 0 amide bonds. The molecule has 0 saturated heterocycles. The maximum atomic E-state index is 12.6. The SMILES string of the molecule is C[C@@H](OC(=O)c1cnc2n(c1=O)CCS2)C(=O)c1ccc(C(C)(C)C)cc1. The van der Waals surface area contributed by atoms with Crippen LogP contribution in [-0.4, -0.2) is 33.2 Å². The summed E-state index contributed by atoms with van der Waals surface area (Å²) in [6.07, 6.45) is 0.231. The van der Waals surface area contributed by atoms with E-state index in [1.165, 1.54) is 29.4 Å².